The van der Waals surface area contributed by atoms with Gasteiger partial charge in [-0.3, -0.25) is 14.5 Å². The highest BCUT2D eigenvalue weighted by Crippen LogP contribution is 2.32. The molecule has 2 amide bonds. The predicted octanol–water partition coefficient (Wildman–Crippen LogP) is 4.43. The number of nitrogens with zero attached hydrogens (tertiary/aromatic N) is 1. The molecule has 0 saturated carbocycles. The van der Waals surface area contributed by atoms with Gasteiger partial charge in [0.1, 0.15) is 17.3 Å². The van der Waals surface area contributed by atoms with E-state index < -0.39 is 17.6 Å². The number of hydrogen-bond donors (Lipinski definition) is 1. The number of halogens is 1. The standard InChI is InChI=1S/C23H19FN2O3/c1-14-5-10-18(12-15(14)2)25-21-20(16-6-8-17(24)9-7-16)22(27)26(23(21)28)13-19-4-3-11-29-19/h3-12,25H,13H2,1-2H3. The Balaban J connectivity index is 1.76. The second-order valence-electron chi connectivity index (χ2n) is 6.96. The van der Waals surface area contributed by atoms with Gasteiger partial charge in [0, 0.05) is 5.69 Å². The Kier molecular flexibility index (Phi) is 4.76. The van der Waals surface area contributed by atoms with E-state index in [0.717, 1.165) is 16.0 Å². The number of benzene rings is 2. The number of imide groups is 1. The van der Waals surface area contributed by atoms with E-state index in [9.17, 15) is 14.0 Å². The van der Waals surface area contributed by atoms with Crippen molar-refractivity contribution in [3.63, 3.8) is 0 Å². The van der Waals surface area contributed by atoms with Gasteiger partial charge in [0.05, 0.1) is 18.4 Å². The average molecular weight is 390 g/mol. The minimum atomic E-state index is -0.455. The van der Waals surface area contributed by atoms with Crippen LogP contribution in [-0.2, 0) is 16.1 Å². The van der Waals surface area contributed by atoms with Crippen LogP contribution in [0.1, 0.15) is 22.5 Å². The maximum atomic E-state index is 13.4. The summed E-state index contributed by atoms with van der Waals surface area (Å²) in [6.07, 6.45) is 1.49. The van der Waals surface area contributed by atoms with Crippen LogP contribution in [0.4, 0.5) is 10.1 Å². The lowest BCUT2D eigenvalue weighted by atomic mass is 10.0. The Labute approximate surface area is 167 Å². The average Bonchev–Trinajstić information content (AvgIpc) is 3.29. The van der Waals surface area contributed by atoms with Crippen LogP contribution in [-0.4, -0.2) is 16.7 Å². The second kappa shape index (κ2) is 7.39. The summed E-state index contributed by atoms with van der Waals surface area (Å²) in [7, 11) is 0. The maximum Gasteiger partial charge on any atom is 0.278 e. The molecule has 0 bridgehead atoms. The van der Waals surface area contributed by atoms with Crippen LogP contribution in [0, 0.1) is 19.7 Å². The lowest BCUT2D eigenvalue weighted by Gasteiger charge is -2.14. The second-order valence-corrected chi connectivity index (χ2v) is 6.96. The molecule has 2 aromatic carbocycles. The first-order valence-corrected chi connectivity index (χ1v) is 9.17. The maximum absolute atomic E-state index is 13.4. The summed E-state index contributed by atoms with van der Waals surface area (Å²) in [4.78, 5) is 27.4. The zero-order valence-electron chi connectivity index (χ0n) is 16.0. The Morgan fingerprint density at radius 1 is 0.966 bits per heavy atom. The van der Waals surface area contributed by atoms with Crippen molar-refractivity contribution in [2.45, 2.75) is 20.4 Å². The molecule has 0 unspecified atom stereocenters. The van der Waals surface area contributed by atoms with Crippen LogP contribution >= 0.6 is 0 Å². The van der Waals surface area contributed by atoms with Crippen molar-refractivity contribution >= 4 is 23.1 Å². The number of carbonyl (C=O) groups excluding carboxylic acids is 2. The summed E-state index contributed by atoms with van der Waals surface area (Å²) in [5.41, 5.74) is 3.72. The Morgan fingerprint density at radius 3 is 2.38 bits per heavy atom. The number of amides is 2. The van der Waals surface area contributed by atoms with Crippen molar-refractivity contribution in [2.24, 2.45) is 0 Å². The first kappa shape index (κ1) is 18.7. The van der Waals surface area contributed by atoms with Gasteiger partial charge in [0.25, 0.3) is 11.8 Å². The lowest BCUT2D eigenvalue weighted by Crippen LogP contribution is -2.31. The zero-order chi connectivity index (χ0) is 20.5. The molecule has 146 valence electrons. The number of nitrogens with one attached hydrogen (secondary N) is 1. The molecule has 1 aliphatic heterocycles. The third-order valence-electron chi connectivity index (χ3n) is 4.97. The predicted molar refractivity (Wildman–Crippen MR) is 107 cm³/mol. The van der Waals surface area contributed by atoms with Crippen LogP contribution in [0.15, 0.2) is 71.0 Å². The first-order valence-electron chi connectivity index (χ1n) is 9.17. The molecule has 0 spiro atoms. The molecule has 29 heavy (non-hydrogen) atoms. The van der Waals surface area contributed by atoms with E-state index in [-0.39, 0.29) is 17.8 Å². The summed E-state index contributed by atoms with van der Waals surface area (Å²) >= 11 is 0. The molecule has 1 aromatic heterocycles. The van der Waals surface area contributed by atoms with Crippen LogP contribution in [0.5, 0.6) is 0 Å². The highest BCUT2D eigenvalue weighted by Gasteiger charge is 2.39. The van der Waals surface area contributed by atoms with Gasteiger partial charge in [-0.25, -0.2) is 4.39 Å². The van der Waals surface area contributed by atoms with Gasteiger partial charge < -0.3 is 9.73 Å². The molecule has 4 rings (SSSR count). The molecule has 6 heteroatoms. The van der Waals surface area contributed by atoms with Crippen LogP contribution in [0.3, 0.4) is 0 Å². The number of carbonyl (C=O) groups is 2. The number of anilines is 1. The van der Waals surface area contributed by atoms with Gasteiger partial charge in [-0.1, -0.05) is 18.2 Å². The van der Waals surface area contributed by atoms with E-state index >= 15 is 0 Å². The molecule has 5 nitrogen and oxygen atoms in total. The number of aryl methyl sites for hydroxylation is 2. The molecule has 3 aromatic rings. The largest absolute Gasteiger partial charge is 0.467 e. The van der Waals surface area contributed by atoms with Gasteiger partial charge in [0.2, 0.25) is 0 Å². The van der Waals surface area contributed by atoms with Crippen LogP contribution in [0.2, 0.25) is 0 Å². The van der Waals surface area contributed by atoms with Crippen LogP contribution in [0.25, 0.3) is 5.57 Å². The quantitative estimate of drug-likeness (QED) is 0.655. The number of furan rings is 1. The summed E-state index contributed by atoms with van der Waals surface area (Å²) < 4.78 is 18.7. The summed E-state index contributed by atoms with van der Waals surface area (Å²) in [6, 6.07) is 14.6. The van der Waals surface area contributed by atoms with E-state index in [4.69, 9.17) is 4.42 Å². The summed E-state index contributed by atoms with van der Waals surface area (Å²) in [6.45, 7) is 3.99. The molecular weight excluding hydrogens is 371 g/mol. The van der Waals surface area contributed by atoms with Gasteiger partial charge in [-0.2, -0.15) is 0 Å². The fourth-order valence-electron chi connectivity index (χ4n) is 3.24. The van der Waals surface area contributed by atoms with Crippen molar-refractivity contribution in [1.29, 1.82) is 0 Å². The lowest BCUT2D eigenvalue weighted by molar-refractivity contribution is -0.137. The van der Waals surface area contributed by atoms with Crippen LogP contribution < -0.4 is 5.32 Å². The highest BCUT2D eigenvalue weighted by molar-refractivity contribution is 6.36. The molecule has 2 heterocycles. The fourth-order valence-corrected chi connectivity index (χ4v) is 3.24. The number of rotatable bonds is 5. The monoisotopic (exact) mass is 390 g/mol. The third-order valence-corrected chi connectivity index (χ3v) is 4.97. The van der Waals surface area contributed by atoms with Crippen molar-refractivity contribution < 1.29 is 18.4 Å². The minimum absolute atomic E-state index is 0.0213. The van der Waals surface area contributed by atoms with Gasteiger partial charge in [0.15, 0.2) is 0 Å². The van der Waals surface area contributed by atoms with Gasteiger partial charge in [-0.15, -0.1) is 0 Å². The summed E-state index contributed by atoms with van der Waals surface area (Å²) in [5.74, 6) is -0.826. The molecule has 0 radical (unpaired) electrons. The first-order chi connectivity index (χ1) is 13.9. The minimum Gasteiger partial charge on any atom is -0.467 e. The van der Waals surface area contributed by atoms with E-state index in [1.54, 1.807) is 12.1 Å². The Bertz CT molecular complexity index is 1120. The van der Waals surface area contributed by atoms with Gasteiger partial charge >= 0.3 is 0 Å². The Hall–Kier alpha value is -3.67. The molecule has 0 saturated heterocycles. The number of hydrogen-bond acceptors (Lipinski definition) is 4. The van der Waals surface area contributed by atoms with Crippen molar-refractivity contribution in [1.82, 2.24) is 4.90 Å². The summed E-state index contributed by atoms with van der Waals surface area (Å²) in [5, 5.41) is 3.11. The third kappa shape index (κ3) is 3.57. The van der Waals surface area contributed by atoms with Crippen molar-refractivity contribution in [3.05, 3.63) is 94.8 Å². The fraction of sp³-hybridized carbons (Fsp3) is 0.130. The SMILES string of the molecule is Cc1ccc(NC2=C(c3ccc(F)cc3)C(=O)N(Cc3ccco3)C2=O)cc1C. The van der Waals surface area contributed by atoms with E-state index in [2.05, 4.69) is 5.32 Å². The Morgan fingerprint density at radius 2 is 1.72 bits per heavy atom. The van der Waals surface area contributed by atoms with E-state index in [1.165, 1.54) is 30.5 Å². The molecule has 0 atom stereocenters. The van der Waals surface area contributed by atoms with E-state index in [1.807, 2.05) is 32.0 Å². The normalized spacial score (nSPS) is 14.1. The molecule has 0 fully saturated rings. The topological polar surface area (TPSA) is 62.6 Å². The zero-order valence-corrected chi connectivity index (χ0v) is 16.0. The van der Waals surface area contributed by atoms with Crippen molar-refractivity contribution in [3.8, 4) is 0 Å². The van der Waals surface area contributed by atoms with E-state index in [0.29, 0.717) is 17.0 Å². The molecule has 1 aliphatic rings. The smallest absolute Gasteiger partial charge is 0.278 e. The highest BCUT2D eigenvalue weighted by atomic mass is 19.1. The van der Waals surface area contributed by atoms with Crippen molar-refractivity contribution in [2.75, 3.05) is 5.32 Å². The molecular formula is C23H19FN2O3. The molecule has 1 N–H and O–H groups in total. The van der Waals surface area contributed by atoms with Gasteiger partial charge in [-0.05, 0) is 66.9 Å². The molecule has 0 aliphatic carbocycles.